The summed E-state index contributed by atoms with van der Waals surface area (Å²) in [5.74, 6) is -0.507. The first kappa shape index (κ1) is 23.8. The van der Waals surface area contributed by atoms with Crippen LogP contribution in [0.2, 0.25) is 10.0 Å². The molecule has 2 aromatic carbocycles. The van der Waals surface area contributed by atoms with Gasteiger partial charge in [-0.1, -0.05) is 42.3 Å². The Kier molecular flexibility index (Phi) is 8.25. The number of nitrogens with zero attached hydrogens (tertiary/aromatic N) is 3. The fourth-order valence-electron chi connectivity index (χ4n) is 3.34. The highest BCUT2D eigenvalue weighted by Gasteiger charge is 2.17. The van der Waals surface area contributed by atoms with E-state index in [2.05, 4.69) is 10.3 Å². The molecule has 2 amide bonds. The zero-order valence-electron chi connectivity index (χ0n) is 17.7. The lowest BCUT2D eigenvalue weighted by atomic mass is 10.2. The fourth-order valence-corrected chi connectivity index (χ4v) is 3.68. The topological polar surface area (TPSA) is 84.3 Å². The van der Waals surface area contributed by atoms with Crippen molar-refractivity contribution in [3.8, 4) is 0 Å². The third-order valence-corrected chi connectivity index (χ3v) is 5.47. The molecule has 0 bridgehead atoms. The van der Waals surface area contributed by atoms with Gasteiger partial charge in [0.2, 0.25) is 11.8 Å². The van der Waals surface area contributed by atoms with E-state index in [1.165, 1.54) is 15.8 Å². The summed E-state index contributed by atoms with van der Waals surface area (Å²) in [6, 6.07) is 11.9. The summed E-state index contributed by atoms with van der Waals surface area (Å²) in [5, 5.41) is 4.06. The lowest BCUT2D eigenvalue weighted by Gasteiger charge is -2.22. The van der Waals surface area contributed by atoms with E-state index in [1.807, 2.05) is 13.0 Å². The molecule has 0 aliphatic carbocycles. The van der Waals surface area contributed by atoms with Crippen LogP contribution >= 0.6 is 23.2 Å². The second kappa shape index (κ2) is 11.1. The molecule has 7 nitrogen and oxygen atoms in total. The number of hydrogen-bond donors (Lipinski definition) is 1. The predicted octanol–water partition coefficient (Wildman–Crippen LogP) is 4.36. The lowest BCUT2D eigenvalue weighted by molar-refractivity contribution is -0.134. The van der Waals surface area contributed by atoms with Crippen LogP contribution in [0.15, 0.2) is 53.6 Å². The van der Waals surface area contributed by atoms with Crippen LogP contribution in [0.5, 0.6) is 0 Å². The Hall–Kier alpha value is -2.90. The SMILES string of the molecule is CCCN(CC(=O)Nc1cc(Cl)ccc1Cl)C(=O)CCCn1cnc2ccccc2c1=O. The number of benzene rings is 2. The van der Waals surface area contributed by atoms with Crippen molar-refractivity contribution in [3.05, 3.63) is 69.2 Å². The van der Waals surface area contributed by atoms with E-state index in [0.29, 0.717) is 52.6 Å². The summed E-state index contributed by atoms with van der Waals surface area (Å²) in [4.78, 5) is 43.6. The first-order chi connectivity index (χ1) is 15.4. The van der Waals surface area contributed by atoms with Crippen molar-refractivity contribution < 1.29 is 9.59 Å². The largest absolute Gasteiger partial charge is 0.333 e. The zero-order valence-corrected chi connectivity index (χ0v) is 19.2. The zero-order chi connectivity index (χ0) is 23.1. The Balaban J connectivity index is 1.58. The number of halogens is 2. The molecule has 0 saturated carbocycles. The maximum absolute atomic E-state index is 12.7. The van der Waals surface area contributed by atoms with Crippen LogP contribution in [-0.2, 0) is 16.1 Å². The molecule has 0 saturated heterocycles. The number of aryl methyl sites for hydroxylation is 1. The number of para-hydroxylation sites is 1. The second-order valence-electron chi connectivity index (χ2n) is 7.35. The first-order valence-electron chi connectivity index (χ1n) is 10.4. The van der Waals surface area contributed by atoms with E-state index >= 15 is 0 Å². The van der Waals surface area contributed by atoms with Crippen molar-refractivity contribution in [2.24, 2.45) is 0 Å². The van der Waals surface area contributed by atoms with Crippen molar-refractivity contribution in [3.63, 3.8) is 0 Å². The van der Waals surface area contributed by atoms with Crippen molar-refractivity contribution in [1.82, 2.24) is 14.5 Å². The fraction of sp³-hybridized carbons (Fsp3) is 0.304. The third-order valence-electron chi connectivity index (χ3n) is 4.90. The smallest absolute Gasteiger partial charge is 0.261 e. The second-order valence-corrected chi connectivity index (χ2v) is 8.20. The van der Waals surface area contributed by atoms with Gasteiger partial charge in [-0.2, -0.15) is 0 Å². The van der Waals surface area contributed by atoms with Gasteiger partial charge in [-0.3, -0.25) is 19.0 Å². The van der Waals surface area contributed by atoms with E-state index in [4.69, 9.17) is 23.2 Å². The minimum absolute atomic E-state index is 0.0903. The van der Waals surface area contributed by atoms with Crippen LogP contribution in [0.1, 0.15) is 26.2 Å². The Bertz CT molecular complexity index is 1180. The van der Waals surface area contributed by atoms with Gasteiger partial charge in [-0.05, 0) is 43.2 Å². The normalized spacial score (nSPS) is 10.8. The molecule has 0 unspecified atom stereocenters. The molecule has 1 N–H and O–H groups in total. The molecule has 0 fully saturated rings. The standard InChI is InChI=1S/C23H24Cl2N4O3/c1-2-11-28(14-21(30)27-20-13-16(24)9-10-18(20)25)22(31)8-5-12-29-15-26-19-7-4-3-6-17(19)23(29)32/h3-4,6-7,9-10,13,15H,2,5,8,11-12,14H2,1H3,(H,27,30). The highest BCUT2D eigenvalue weighted by atomic mass is 35.5. The quantitative estimate of drug-likeness (QED) is 0.499. The average Bonchev–Trinajstić information content (AvgIpc) is 2.77. The number of rotatable bonds is 9. The minimum atomic E-state index is -0.356. The number of carbonyl (C=O) groups is 2. The number of hydrogen-bond acceptors (Lipinski definition) is 4. The number of amides is 2. The molecule has 9 heteroatoms. The van der Waals surface area contributed by atoms with Crippen molar-refractivity contribution >= 4 is 51.6 Å². The minimum Gasteiger partial charge on any atom is -0.333 e. The van der Waals surface area contributed by atoms with Crippen molar-refractivity contribution in [2.45, 2.75) is 32.7 Å². The van der Waals surface area contributed by atoms with Gasteiger partial charge in [0, 0.05) is 24.5 Å². The van der Waals surface area contributed by atoms with Crippen LogP contribution in [0.4, 0.5) is 5.69 Å². The van der Waals surface area contributed by atoms with E-state index in [1.54, 1.807) is 36.4 Å². The van der Waals surface area contributed by atoms with E-state index < -0.39 is 0 Å². The molecule has 0 aliphatic rings. The van der Waals surface area contributed by atoms with Gasteiger partial charge in [-0.15, -0.1) is 0 Å². The van der Waals surface area contributed by atoms with Gasteiger partial charge in [0.1, 0.15) is 0 Å². The van der Waals surface area contributed by atoms with Crippen molar-refractivity contribution in [2.75, 3.05) is 18.4 Å². The third kappa shape index (κ3) is 6.08. The summed E-state index contributed by atoms with van der Waals surface area (Å²) in [5.41, 5.74) is 0.909. The van der Waals surface area contributed by atoms with Crippen LogP contribution in [0.3, 0.4) is 0 Å². The number of anilines is 1. The van der Waals surface area contributed by atoms with Crippen LogP contribution in [-0.4, -0.2) is 39.4 Å². The van der Waals surface area contributed by atoms with Crippen molar-refractivity contribution in [1.29, 1.82) is 0 Å². The highest BCUT2D eigenvalue weighted by molar-refractivity contribution is 6.35. The molecule has 3 aromatic rings. The molecule has 1 aromatic heterocycles. The summed E-state index contributed by atoms with van der Waals surface area (Å²) < 4.78 is 1.51. The molecule has 3 rings (SSSR count). The molecule has 0 radical (unpaired) electrons. The van der Waals surface area contributed by atoms with Crippen LogP contribution in [0.25, 0.3) is 10.9 Å². The van der Waals surface area contributed by atoms with Gasteiger partial charge in [0.25, 0.3) is 5.56 Å². The summed E-state index contributed by atoms with van der Waals surface area (Å²) in [6.45, 7) is 2.67. The Morgan fingerprint density at radius 3 is 2.72 bits per heavy atom. The maximum Gasteiger partial charge on any atom is 0.261 e. The lowest BCUT2D eigenvalue weighted by Crippen LogP contribution is -2.38. The number of aromatic nitrogens is 2. The summed E-state index contributed by atoms with van der Waals surface area (Å²) in [7, 11) is 0. The number of fused-ring (bicyclic) bond motifs is 1. The molecule has 0 spiro atoms. The van der Waals surface area contributed by atoms with Gasteiger partial charge < -0.3 is 10.2 Å². The summed E-state index contributed by atoms with van der Waals surface area (Å²) in [6.07, 6.45) is 2.89. The van der Waals surface area contributed by atoms with Crippen LogP contribution < -0.4 is 10.9 Å². The number of nitrogens with one attached hydrogen (secondary N) is 1. The molecule has 168 valence electrons. The van der Waals surface area contributed by atoms with E-state index in [0.717, 1.165) is 0 Å². The molecule has 0 atom stereocenters. The van der Waals surface area contributed by atoms with E-state index in [9.17, 15) is 14.4 Å². The first-order valence-corrected chi connectivity index (χ1v) is 11.1. The molecular weight excluding hydrogens is 451 g/mol. The highest BCUT2D eigenvalue weighted by Crippen LogP contribution is 2.25. The van der Waals surface area contributed by atoms with Gasteiger partial charge in [0.15, 0.2) is 0 Å². The monoisotopic (exact) mass is 474 g/mol. The van der Waals surface area contributed by atoms with Crippen LogP contribution in [0, 0.1) is 0 Å². The molecular formula is C23H24Cl2N4O3. The number of carbonyl (C=O) groups excluding carboxylic acids is 2. The average molecular weight is 475 g/mol. The van der Waals surface area contributed by atoms with E-state index in [-0.39, 0.29) is 30.3 Å². The summed E-state index contributed by atoms with van der Waals surface area (Å²) >= 11 is 12.0. The van der Waals surface area contributed by atoms with Gasteiger partial charge in [0.05, 0.1) is 34.5 Å². The molecule has 0 aliphatic heterocycles. The maximum atomic E-state index is 12.7. The molecule has 1 heterocycles. The predicted molar refractivity (Wildman–Crippen MR) is 127 cm³/mol. The molecule has 32 heavy (non-hydrogen) atoms. The van der Waals surface area contributed by atoms with Gasteiger partial charge >= 0.3 is 0 Å². The van der Waals surface area contributed by atoms with Gasteiger partial charge in [-0.25, -0.2) is 4.98 Å². The Morgan fingerprint density at radius 2 is 1.94 bits per heavy atom. The Labute approximate surface area is 196 Å². The Morgan fingerprint density at radius 1 is 1.16 bits per heavy atom.